The second kappa shape index (κ2) is 9.01. The van der Waals surface area contributed by atoms with Gasteiger partial charge in [0.15, 0.2) is 6.61 Å². The standard InChI is InChI=1S/C21H24N2O4S/c1-3-5-15-12-18(28-14(15)2)21(26)27-13-19(24)22-16-7-9-17(10-8-16)23-11-4-6-20(23)25/h7-10,12H,3-6,11,13H2,1-2H3,(H,22,24). The zero-order valence-electron chi connectivity index (χ0n) is 16.1. The Kier molecular flexibility index (Phi) is 6.46. The van der Waals surface area contributed by atoms with E-state index >= 15 is 0 Å². The molecule has 0 bridgehead atoms. The van der Waals surface area contributed by atoms with Crippen LogP contribution in [-0.4, -0.2) is 30.9 Å². The lowest BCUT2D eigenvalue weighted by molar-refractivity contribution is -0.119. The maximum absolute atomic E-state index is 12.2. The van der Waals surface area contributed by atoms with Crippen LogP contribution >= 0.6 is 11.3 Å². The SMILES string of the molecule is CCCc1cc(C(=O)OCC(=O)Nc2ccc(N3CCCC3=O)cc2)sc1C. The van der Waals surface area contributed by atoms with Crippen LogP contribution in [0.2, 0.25) is 0 Å². The minimum Gasteiger partial charge on any atom is -0.451 e. The molecule has 6 nitrogen and oxygen atoms in total. The molecule has 7 heteroatoms. The van der Waals surface area contributed by atoms with Gasteiger partial charge in [-0.25, -0.2) is 4.79 Å². The van der Waals surface area contributed by atoms with E-state index < -0.39 is 11.9 Å². The summed E-state index contributed by atoms with van der Waals surface area (Å²) in [4.78, 5) is 39.4. The van der Waals surface area contributed by atoms with E-state index in [1.807, 2.05) is 13.0 Å². The summed E-state index contributed by atoms with van der Waals surface area (Å²) < 4.78 is 5.13. The van der Waals surface area contributed by atoms with Gasteiger partial charge < -0.3 is 15.0 Å². The highest BCUT2D eigenvalue weighted by atomic mass is 32.1. The number of carbonyl (C=O) groups excluding carboxylic acids is 3. The zero-order chi connectivity index (χ0) is 20.1. The van der Waals surface area contributed by atoms with E-state index in [1.54, 1.807) is 29.2 Å². The molecule has 1 aromatic heterocycles. The molecule has 0 radical (unpaired) electrons. The van der Waals surface area contributed by atoms with E-state index in [9.17, 15) is 14.4 Å². The van der Waals surface area contributed by atoms with Crippen LogP contribution in [0, 0.1) is 6.92 Å². The first kappa shape index (κ1) is 20.1. The van der Waals surface area contributed by atoms with Crippen LogP contribution in [0.25, 0.3) is 0 Å². The second-order valence-electron chi connectivity index (χ2n) is 6.76. The van der Waals surface area contributed by atoms with Crippen LogP contribution < -0.4 is 10.2 Å². The highest BCUT2D eigenvalue weighted by Crippen LogP contribution is 2.24. The molecule has 0 aliphatic carbocycles. The van der Waals surface area contributed by atoms with Crippen molar-refractivity contribution in [3.05, 3.63) is 45.6 Å². The average molecular weight is 401 g/mol. The van der Waals surface area contributed by atoms with Gasteiger partial charge in [0.05, 0.1) is 0 Å². The molecule has 3 rings (SSSR count). The lowest BCUT2D eigenvalue weighted by Gasteiger charge is -2.16. The topological polar surface area (TPSA) is 75.7 Å². The number of anilines is 2. The van der Waals surface area contributed by atoms with Crippen molar-refractivity contribution in [1.82, 2.24) is 0 Å². The smallest absolute Gasteiger partial charge is 0.348 e. The Labute approximate surface area is 168 Å². The van der Waals surface area contributed by atoms with Crippen molar-refractivity contribution in [2.24, 2.45) is 0 Å². The molecular formula is C21H24N2O4S. The number of carbonyl (C=O) groups is 3. The molecule has 1 saturated heterocycles. The Bertz CT molecular complexity index is 873. The molecule has 2 aromatic rings. The summed E-state index contributed by atoms with van der Waals surface area (Å²) in [7, 11) is 0. The summed E-state index contributed by atoms with van der Waals surface area (Å²) in [6.07, 6.45) is 3.38. The quantitative estimate of drug-likeness (QED) is 0.715. The van der Waals surface area contributed by atoms with E-state index in [2.05, 4.69) is 12.2 Å². The van der Waals surface area contributed by atoms with Crippen LogP contribution in [0.3, 0.4) is 0 Å². The molecule has 28 heavy (non-hydrogen) atoms. The summed E-state index contributed by atoms with van der Waals surface area (Å²) in [5.74, 6) is -0.761. The summed E-state index contributed by atoms with van der Waals surface area (Å²) in [6.45, 7) is 4.46. The molecule has 0 atom stereocenters. The third kappa shape index (κ3) is 4.78. The molecular weight excluding hydrogens is 376 g/mol. The minimum atomic E-state index is -0.478. The Morgan fingerprint density at radius 3 is 2.64 bits per heavy atom. The number of amides is 2. The molecule has 1 aliphatic heterocycles. The van der Waals surface area contributed by atoms with Gasteiger partial charge in [0, 0.05) is 29.2 Å². The zero-order valence-corrected chi connectivity index (χ0v) is 16.9. The Morgan fingerprint density at radius 1 is 1.25 bits per heavy atom. The number of hydrogen-bond acceptors (Lipinski definition) is 5. The normalized spacial score (nSPS) is 13.6. The van der Waals surface area contributed by atoms with Crippen molar-refractivity contribution in [1.29, 1.82) is 0 Å². The van der Waals surface area contributed by atoms with Crippen LogP contribution in [0.15, 0.2) is 30.3 Å². The summed E-state index contributed by atoms with van der Waals surface area (Å²) in [6, 6.07) is 8.92. The van der Waals surface area contributed by atoms with Crippen LogP contribution in [0.5, 0.6) is 0 Å². The van der Waals surface area contributed by atoms with Gasteiger partial charge in [-0.05, 0) is 55.7 Å². The van der Waals surface area contributed by atoms with E-state index in [0.717, 1.165) is 41.9 Å². The monoisotopic (exact) mass is 400 g/mol. The van der Waals surface area contributed by atoms with Crippen molar-refractivity contribution >= 4 is 40.5 Å². The molecule has 1 aromatic carbocycles. The minimum absolute atomic E-state index is 0.120. The summed E-state index contributed by atoms with van der Waals surface area (Å²) in [5, 5.41) is 2.70. The van der Waals surface area contributed by atoms with Crippen LogP contribution in [0.1, 0.15) is 46.3 Å². The molecule has 1 aliphatic rings. The average Bonchev–Trinajstić information content (AvgIpc) is 3.27. The predicted molar refractivity (Wildman–Crippen MR) is 110 cm³/mol. The van der Waals surface area contributed by atoms with Gasteiger partial charge in [-0.1, -0.05) is 13.3 Å². The first-order valence-electron chi connectivity index (χ1n) is 9.44. The molecule has 1 fully saturated rings. The number of rotatable bonds is 7. The number of benzene rings is 1. The van der Waals surface area contributed by atoms with Crippen LogP contribution in [-0.2, 0) is 20.7 Å². The van der Waals surface area contributed by atoms with Crippen LogP contribution in [0.4, 0.5) is 11.4 Å². The van der Waals surface area contributed by atoms with E-state index in [0.29, 0.717) is 17.0 Å². The van der Waals surface area contributed by atoms with Gasteiger partial charge in [0.1, 0.15) is 4.88 Å². The molecule has 0 unspecified atom stereocenters. The Balaban J connectivity index is 1.50. The van der Waals surface area contributed by atoms with Gasteiger partial charge in [-0.2, -0.15) is 0 Å². The number of hydrogen-bond donors (Lipinski definition) is 1. The molecule has 148 valence electrons. The summed E-state index contributed by atoms with van der Waals surface area (Å²) in [5.41, 5.74) is 2.57. The second-order valence-corrected chi connectivity index (χ2v) is 8.02. The molecule has 2 heterocycles. The molecule has 2 amide bonds. The number of thiophene rings is 1. The highest BCUT2D eigenvalue weighted by Gasteiger charge is 2.21. The van der Waals surface area contributed by atoms with Crippen molar-refractivity contribution in [2.75, 3.05) is 23.4 Å². The Hall–Kier alpha value is -2.67. The maximum atomic E-state index is 12.2. The first-order chi connectivity index (χ1) is 13.5. The largest absolute Gasteiger partial charge is 0.451 e. The fourth-order valence-electron chi connectivity index (χ4n) is 3.18. The van der Waals surface area contributed by atoms with Gasteiger partial charge >= 0.3 is 5.97 Å². The van der Waals surface area contributed by atoms with E-state index in [1.165, 1.54) is 11.3 Å². The number of nitrogens with one attached hydrogen (secondary N) is 1. The van der Waals surface area contributed by atoms with Crippen molar-refractivity contribution in [3.63, 3.8) is 0 Å². The first-order valence-corrected chi connectivity index (χ1v) is 10.3. The number of aryl methyl sites for hydroxylation is 2. The fourth-order valence-corrected chi connectivity index (χ4v) is 4.15. The van der Waals surface area contributed by atoms with E-state index in [-0.39, 0.29) is 12.5 Å². The third-order valence-electron chi connectivity index (χ3n) is 4.61. The van der Waals surface area contributed by atoms with Crippen molar-refractivity contribution in [3.8, 4) is 0 Å². The van der Waals surface area contributed by atoms with Gasteiger partial charge in [0.25, 0.3) is 5.91 Å². The van der Waals surface area contributed by atoms with Crippen molar-refractivity contribution in [2.45, 2.75) is 39.5 Å². The molecule has 0 saturated carbocycles. The Morgan fingerprint density at radius 2 is 2.00 bits per heavy atom. The highest BCUT2D eigenvalue weighted by molar-refractivity contribution is 7.14. The predicted octanol–water partition coefficient (Wildman–Crippen LogP) is 3.93. The summed E-state index contributed by atoms with van der Waals surface area (Å²) >= 11 is 1.39. The van der Waals surface area contributed by atoms with E-state index in [4.69, 9.17) is 4.74 Å². The lowest BCUT2D eigenvalue weighted by atomic mass is 10.1. The van der Waals surface area contributed by atoms with Crippen molar-refractivity contribution < 1.29 is 19.1 Å². The maximum Gasteiger partial charge on any atom is 0.348 e. The number of ether oxygens (including phenoxy) is 1. The fraction of sp³-hybridized carbons (Fsp3) is 0.381. The number of nitrogens with zero attached hydrogens (tertiary/aromatic N) is 1. The molecule has 1 N–H and O–H groups in total. The van der Waals surface area contributed by atoms with Gasteiger partial charge in [-0.3, -0.25) is 9.59 Å². The lowest BCUT2D eigenvalue weighted by Crippen LogP contribution is -2.23. The third-order valence-corrected chi connectivity index (χ3v) is 5.68. The molecule has 0 spiro atoms. The number of esters is 1. The van der Waals surface area contributed by atoms with Gasteiger partial charge in [-0.15, -0.1) is 11.3 Å². The van der Waals surface area contributed by atoms with Gasteiger partial charge in [0.2, 0.25) is 5.91 Å².